The number of carbonyl (C=O) groups is 2. The molecule has 1 unspecified atom stereocenters. The highest BCUT2D eigenvalue weighted by Gasteiger charge is 2.18. The van der Waals surface area contributed by atoms with Crippen molar-refractivity contribution in [2.75, 3.05) is 6.61 Å². The fourth-order valence-corrected chi connectivity index (χ4v) is 2.27. The Labute approximate surface area is 134 Å². The van der Waals surface area contributed by atoms with Gasteiger partial charge in [-0.05, 0) is 41.4 Å². The van der Waals surface area contributed by atoms with Crippen molar-refractivity contribution in [3.8, 4) is 0 Å². The number of esters is 1. The second-order valence-corrected chi connectivity index (χ2v) is 5.76. The van der Waals surface area contributed by atoms with Gasteiger partial charge in [-0.1, -0.05) is 38.3 Å². The monoisotopic (exact) mass is 355 g/mol. The first-order chi connectivity index (χ1) is 10.1. The average Bonchev–Trinajstić information content (AvgIpc) is 2.47. The third-order valence-electron chi connectivity index (χ3n) is 3.06. The largest absolute Gasteiger partial charge is 0.464 e. The summed E-state index contributed by atoms with van der Waals surface area (Å²) in [4.78, 5) is 23.8. The molecule has 4 nitrogen and oxygen atoms in total. The summed E-state index contributed by atoms with van der Waals surface area (Å²) in [6.07, 6.45) is 4.21. The lowest BCUT2D eigenvalue weighted by molar-refractivity contribution is -0.145. The van der Waals surface area contributed by atoms with E-state index in [4.69, 9.17) is 4.74 Å². The van der Waals surface area contributed by atoms with Crippen LogP contribution in [0.25, 0.3) is 0 Å². The first-order valence-electron chi connectivity index (χ1n) is 7.28. The summed E-state index contributed by atoms with van der Waals surface area (Å²) in [5, 5.41) is 2.65. The van der Waals surface area contributed by atoms with E-state index in [2.05, 4.69) is 28.2 Å². The Bertz CT molecular complexity index is 476. The molecule has 0 aliphatic carbocycles. The first-order valence-corrected chi connectivity index (χ1v) is 8.07. The van der Waals surface area contributed by atoms with E-state index in [9.17, 15) is 9.59 Å². The maximum atomic E-state index is 12.0. The zero-order valence-electron chi connectivity index (χ0n) is 12.5. The second-order valence-electron chi connectivity index (χ2n) is 4.90. The van der Waals surface area contributed by atoms with Crippen LogP contribution in [0.4, 0.5) is 0 Å². The number of rotatable bonds is 8. The second kappa shape index (κ2) is 9.55. The molecule has 116 valence electrons. The molecular weight excluding hydrogens is 334 g/mol. The molecule has 0 aromatic heterocycles. The van der Waals surface area contributed by atoms with E-state index in [1.165, 1.54) is 0 Å². The molecular formula is C16H22BrNO3. The van der Waals surface area contributed by atoms with E-state index in [0.717, 1.165) is 25.7 Å². The van der Waals surface area contributed by atoms with Crippen LogP contribution in [0, 0.1) is 0 Å². The Morgan fingerprint density at radius 1 is 1.24 bits per heavy atom. The fourth-order valence-electron chi connectivity index (χ4n) is 1.81. The molecule has 0 heterocycles. The predicted octanol–water partition coefficient (Wildman–Crippen LogP) is 3.69. The number of hydrogen-bond acceptors (Lipinski definition) is 3. The molecule has 0 radical (unpaired) electrons. The van der Waals surface area contributed by atoms with Crippen molar-refractivity contribution in [1.82, 2.24) is 5.32 Å². The Morgan fingerprint density at radius 3 is 2.62 bits per heavy atom. The van der Waals surface area contributed by atoms with Gasteiger partial charge in [0.15, 0.2) is 0 Å². The lowest BCUT2D eigenvalue weighted by Crippen LogP contribution is -2.39. The van der Waals surface area contributed by atoms with Crippen molar-refractivity contribution >= 4 is 27.8 Å². The lowest BCUT2D eigenvalue weighted by Gasteiger charge is -2.14. The topological polar surface area (TPSA) is 55.4 Å². The molecule has 0 fully saturated rings. The van der Waals surface area contributed by atoms with Crippen LogP contribution in [0.5, 0.6) is 0 Å². The van der Waals surface area contributed by atoms with Crippen molar-refractivity contribution in [2.45, 2.75) is 45.6 Å². The molecule has 21 heavy (non-hydrogen) atoms. The maximum absolute atomic E-state index is 12.0. The lowest BCUT2D eigenvalue weighted by atomic mass is 10.2. The molecule has 0 bridgehead atoms. The number of amides is 1. The van der Waals surface area contributed by atoms with Crippen molar-refractivity contribution in [3.05, 3.63) is 34.3 Å². The van der Waals surface area contributed by atoms with Gasteiger partial charge in [-0.15, -0.1) is 0 Å². The summed E-state index contributed by atoms with van der Waals surface area (Å²) >= 11 is 3.31. The van der Waals surface area contributed by atoms with Crippen LogP contribution in [-0.4, -0.2) is 24.5 Å². The summed E-state index contributed by atoms with van der Waals surface area (Å²) in [7, 11) is 0. The Balaban J connectivity index is 2.38. The normalized spacial score (nSPS) is 11.8. The van der Waals surface area contributed by atoms with Crippen LogP contribution in [0.2, 0.25) is 0 Å². The first kappa shape index (κ1) is 17.7. The molecule has 0 saturated heterocycles. The summed E-state index contributed by atoms with van der Waals surface area (Å²) in [5.74, 6) is -0.690. The van der Waals surface area contributed by atoms with E-state index >= 15 is 0 Å². The minimum atomic E-state index is -0.657. The molecule has 0 saturated carbocycles. The third kappa shape index (κ3) is 6.29. The maximum Gasteiger partial charge on any atom is 0.328 e. The standard InChI is InChI=1S/C16H22BrNO3/c1-3-4-5-8-11-21-16(20)12(2)18-15(19)13-9-6-7-10-14(13)17/h6-7,9-10,12H,3-5,8,11H2,1-2H3,(H,18,19). The third-order valence-corrected chi connectivity index (χ3v) is 3.75. The number of benzene rings is 1. The van der Waals surface area contributed by atoms with E-state index in [-0.39, 0.29) is 5.91 Å². The van der Waals surface area contributed by atoms with Gasteiger partial charge in [0.1, 0.15) is 6.04 Å². The van der Waals surface area contributed by atoms with Crippen molar-refractivity contribution < 1.29 is 14.3 Å². The molecule has 5 heteroatoms. The van der Waals surface area contributed by atoms with Crippen LogP contribution in [0.1, 0.15) is 49.9 Å². The minimum Gasteiger partial charge on any atom is -0.464 e. The van der Waals surface area contributed by atoms with Crippen molar-refractivity contribution in [3.63, 3.8) is 0 Å². The molecule has 0 aliphatic heterocycles. The summed E-state index contributed by atoms with van der Waals surface area (Å²) in [6, 6.07) is 6.43. The van der Waals surface area contributed by atoms with Crippen LogP contribution < -0.4 is 5.32 Å². The Hall–Kier alpha value is -1.36. The zero-order valence-corrected chi connectivity index (χ0v) is 14.1. The van der Waals surface area contributed by atoms with Gasteiger partial charge in [-0.2, -0.15) is 0 Å². The number of halogens is 1. The molecule has 1 amide bonds. The van der Waals surface area contributed by atoms with Gasteiger partial charge in [-0.25, -0.2) is 4.79 Å². The predicted molar refractivity (Wildman–Crippen MR) is 86.2 cm³/mol. The molecule has 1 atom stereocenters. The minimum absolute atomic E-state index is 0.294. The molecule has 1 rings (SSSR count). The van der Waals surface area contributed by atoms with E-state index < -0.39 is 12.0 Å². The quantitative estimate of drug-likeness (QED) is 0.571. The number of ether oxygens (including phenoxy) is 1. The summed E-state index contributed by atoms with van der Waals surface area (Å²) in [5.41, 5.74) is 0.500. The molecule has 1 aromatic rings. The molecule has 1 N–H and O–H groups in total. The van der Waals surface area contributed by atoms with Gasteiger partial charge in [0.25, 0.3) is 5.91 Å². The Kier molecular flexibility index (Phi) is 8.05. The molecule has 1 aromatic carbocycles. The zero-order chi connectivity index (χ0) is 15.7. The highest BCUT2D eigenvalue weighted by atomic mass is 79.9. The van der Waals surface area contributed by atoms with Crippen molar-refractivity contribution in [2.24, 2.45) is 0 Å². The van der Waals surface area contributed by atoms with E-state index in [0.29, 0.717) is 16.6 Å². The smallest absolute Gasteiger partial charge is 0.328 e. The van der Waals surface area contributed by atoms with Gasteiger partial charge >= 0.3 is 5.97 Å². The molecule has 0 aliphatic rings. The van der Waals surface area contributed by atoms with E-state index in [1.54, 1.807) is 25.1 Å². The number of nitrogens with one attached hydrogen (secondary N) is 1. The fraction of sp³-hybridized carbons (Fsp3) is 0.500. The summed E-state index contributed by atoms with van der Waals surface area (Å²) in [6.45, 7) is 4.17. The average molecular weight is 356 g/mol. The van der Waals surface area contributed by atoms with Crippen LogP contribution >= 0.6 is 15.9 Å². The van der Waals surface area contributed by atoms with Crippen LogP contribution in [0.15, 0.2) is 28.7 Å². The SMILES string of the molecule is CCCCCCOC(=O)C(C)NC(=O)c1ccccc1Br. The van der Waals surface area contributed by atoms with Gasteiger partial charge < -0.3 is 10.1 Å². The Morgan fingerprint density at radius 2 is 1.95 bits per heavy atom. The highest BCUT2D eigenvalue weighted by molar-refractivity contribution is 9.10. The van der Waals surface area contributed by atoms with Crippen LogP contribution in [0.3, 0.4) is 0 Å². The summed E-state index contributed by atoms with van der Waals surface area (Å²) < 4.78 is 5.85. The van der Waals surface area contributed by atoms with Gasteiger partial charge in [0.2, 0.25) is 0 Å². The van der Waals surface area contributed by atoms with Gasteiger partial charge in [0.05, 0.1) is 12.2 Å². The van der Waals surface area contributed by atoms with E-state index in [1.807, 2.05) is 6.07 Å². The van der Waals surface area contributed by atoms with Crippen molar-refractivity contribution in [1.29, 1.82) is 0 Å². The number of carbonyl (C=O) groups excluding carboxylic acids is 2. The number of hydrogen-bond donors (Lipinski definition) is 1. The molecule has 0 spiro atoms. The highest BCUT2D eigenvalue weighted by Crippen LogP contribution is 2.15. The number of unbranched alkanes of at least 4 members (excludes halogenated alkanes) is 3. The van der Waals surface area contributed by atoms with Gasteiger partial charge in [0, 0.05) is 4.47 Å². The van der Waals surface area contributed by atoms with Crippen LogP contribution in [-0.2, 0) is 9.53 Å². The van der Waals surface area contributed by atoms with Gasteiger partial charge in [-0.3, -0.25) is 4.79 Å².